The van der Waals surface area contributed by atoms with E-state index in [9.17, 15) is 9.59 Å². The molecule has 0 saturated heterocycles. The Morgan fingerprint density at radius 1 is 1.46 bits per heavy atom. The van der Waals surface area contributed by atoms with Gasteiger partial charge in [-0.05, 0) is 6.42 Å². The number of aliphatic carboxylic acids is 1. The number of rotatable bonds is 6. The zero-order chi connectivity index (χ0) is 10.1. The molecule has 0 aliphatic carbocycles. The van der Waals surface area contributed by atoms with Crippen molar-refractivity contribution in [3.63, 3.8) is 0 Å². The lowest BCUT2D eigenvalue weighted by Gasteiger charge is -2.00. The molecule has 5 heteroatoms. The van der Waals surface area contributed by atoms with E-state index in [4.69, 9.17) is 9.84 Å². The van der Waals surface area contributed by atoms with Gasteiger partial charge in [0.05, 0.1) is 0 Å². The molecule has 0 fully saturated rings. The van der Waals surface area contributed by atoms with Crippen molar-refractivity contribution in [2.75, 3.05) is 20.3 Å². The molecule has 1 amide bonds. The molecule has 0 aliphatic rings. The smallest absolute Gasteiger partial charge is 0.328 e. The molecule has 0 saturated carbocycles. The molecule has 74 valence electrons. The highest BCUT2D eigenvalue weighted by molar-refractivity contribution is 5.93. The number of carbonyl (C=O) groups is 2. The number of hydrogen-bond donors (Lipinski definition) is 2. The highest BCUT2D eigenvalue weighted by Gasteiger charge is 1.95. The predicted molar refractivity (Wildman–Crippen MR) is 46.3 cm³/mol. The molecule has 0 aliphatic heterocycles. The summed E-state index contributed by atoms with van der Waals surface area (Å²) in [5.41, 5.74) is 0. The predicted octanol–water partition coefficient (Wildman–Crippen LogP) is -0.220. The van der Waals surface area contributed by atoms with Crippen LogP contribution < -0.4 is 5.32 Å². The summed E-state index contributed by atoms with van der Waals surface area (Å²) in [6, 6.07) is 0. The maximum absolute atomic E-state index is 10.8. The maximum Gasteiger partial charge on any atom is 0.328 e. The minimum atomic E-state index is -1.13. The van der Waals surface area contributed by atoms with Gasteiger partial charge in [0.2, 0.25) is 5.91 Å². The quantitative estimate of drug-likeness (QED) is 0.445. The van der Waals surface area contributed by atoms with Crippen LogP contribution in [-0.4, -0.2) is 37.2 Å². The van der Waals surface area contributed by atoms with Crippen LogP contribution in [0.25, 0.3) is 0 Å². The molecular weight excluding hydrogens is 174 g/mol. The van der Waals surface area contributed by atoms with E-state index in [2.05, 4.69) is 5.32 Å². The third-order valence-corrected chi connectivity index (χ3v) is 1.20. The Morgan fingerprint density at radius 3 is 2.69 bits per heavy atom. The van der Waals surface area contributed by atoms with Crippen LogP contribution in [0.3, 0.4) is 0 Å². The van der Waals surface area contributed by atoms with Gasteiger partial charge < -0.3 is 15.2 Å². The van der Waals surface area contributed by atoms with Gasteiger partial charge in [-0.15, -0.1) is 0 Å². The molecule has 5 nitrogen and oxygen atoms in total. The first kappa shape index (κ1) is 11.6. The molecule has 0 heterocycles. The summed E-state index contributed by atoms with van der Waals surface area (Å²) >= 11 is 0. The van der Waals surface area contributed by atoms with Crippen molar-refractivity contribution in [1.82, 2.24) is 5.32 Å². The molecule has 0 aromatic carbocycles. The van der Waals surface area contributed by atoms with Gasteiger partial charge in [-0.3, -0.25) is 4.79 Å². The van der Waals surface area contributed by atoms with E-state index in [1.165, 1.54) is 0 Å². The van der Waals surface area contributed by atoms with Crippen molar-refractivity contribution in [2.24, 2.45) is 0 Å². The van der Waals surface area contributed by atoms with Crippen LogP contribution in [0.2, 0.25) is 0 Å². The van der Waals surface area contributed by atoms with Crippen LogP contribution in [0, 0.1) is 0 Å². The summed E-state index contributed by atoms with van der Waals surface area (Å²) in [4.78, 5) is 20.8. The Balaban J connectivity index is 3.46. The monoisotopic (exact) mass is 187 g/mol. The molecule has 0 radical (unpaired) electrons. The fraction of sp³-hybridized carbons (Fsp3) is 0.500. The van der Waals surface area contributed by atoms with Crippen LogP contribution in [0.1, 0.15) is 6.42 Å². The maximum atomic E-state index is 10.8. The molecule has 0 bridgehead atoms. The number of carboxylic acids is 1. The summed E-state index contributed by atoms with van der Waals surface area (Å²) in [6.45, 7) is 1.06. The molecule has 2 N–H and O–H groups in total. The second-order valence-electron chi connectivity index (χ2n) is 2.31. The van der Waals surface area contributed by atoms with Crippen LogP contribution in [-0.2, 0) is 14.3 Å². The van der Waals surface area contributed by atoms with Gasteiger partial charge in [0.1, 0.15) is 0 Å². The summed E-state index contributed by atoms with van der Waals surface area (Å²) in [6.07, 6.45) is 2.49. The van der Waals surface area contributed by atoms with Crippen molar-refractivity contribution in [2.45, 2.75) is 6.42 Å². The Morgan fingerprint density at radius 2 is 2.15 bits per heavy atom. The molecule has 0 spiro atoms. The average molecular weight is 187 g/mol. The highest BCUT2D eigenvalue weighted by Crippen LogP contribution is 1.79. The average Bonchev–Trinajstić information content (AvgIpc) is 2.09. The summed E-state index contributed by atoms with van der Waals surface area (Å²) < 4.78 is 4.76. The first-order valence-electron chi connectivity index (χ1n) is 3.84. The van der Waals surface area contributed by atoms with E-state index >= 15 is 0 Å². The fourth-order valence-corrected chi connectivity index (χ4v) is 0.634. The molecular formula is C8H13NO4. The van der Waals surface area contributed by atoms with E-state index in [1.807, 2.05) is 0 Å². The molecule has 0 aromatic heterocycles. The largest absolute Gasteiger partial charge is 0.478 e. The molecule has 13 heavy (non-hydrogen) atoms. The van der Waals surface area contributed by atoms with E-state index in [1.54, 1.807) is 7.11 Å². The van der Waals surface area contributed by atoms with E-state index in [0.29, 0.717) is 19.6 Å². The Labute approximate surface area is 76.4 Å². The number of carbonyl (C=O) groups excluding carboxylic acids is 1. The topological polar surface area (TPSA) is 75.6 Å². The third-order valence-electron chi connectivity index (χ3n) is 1.20. The van der Waals surface area contributed by atoms with Gasteiger partial charge in [-0.1, -0.05) is 0 Å². The molecule has 0 atom stereocenters. The second kappa shape index (κ2) is 7.30. The first-order valence-corrected chi connectivity index (χ1v) is 3.84. The zero-order valence-electron chi connectivity index (χ0n) is 7.45. The molecule has 0 rings (SSSR count). The number of amides is 1. The summed E-state index contributed by atoms with van der Waals surface area (Å²) in [7, 11) is 1.58. The van der Waals surface area contributed by atoms with Gasteiger partial charge in [0.25, 0.3) is 0 Å². The molecule has 0 unspecified atom stereocenters. The zero-order valence-corrected chi connectivity index (χ0v) is 7.45. The number of carboxylic acid groups (broad SMARTS) is 1. The Bertz CT molecular complexity index is 200. The van der Waals surface area contributed by atoms with Crippen molar-refractivity contribution in [3.8, 4) is 0 Å². The van der Waals surface area contributed by atoms with Crippen LogP contribution in [0.15, 0.2) is 12.2 Å². The van der Waals surface area contributed by atoms with Gasteiger partial charge in [-0.2, -0.15) is 0 Å². The van der Waals surface area contributed by atoms with E-state index in [0.717, 1.165) is 12.2 Å². The minimum Gasteiger partial charge on any atom is -0.478 e. The lowest BCUT2D eigenvalue weighted by atomic mass is 10.4. The minimum absolute atomic E-state index is 0.404. The number of ether oxygens (including phenoxy) is 1. The van der Waals surface area contributed by atoms with E-state index < -0.39 is 11.9 Å². The second-order valence-corrected chi connectivity index (χ2v) is 2.31. The lowest BCUT2D eigenvalue weighted by Crippen LogP contribution is -2.23. The standard InChI is InChI=1S/C8H13NO4/c1-13-6-2-5-9-7(10)3-4-8(11)12/h3-4H,2,5-6H2,1H3,(H,9,10)(H,11,12)/b4-3+. The van der Waals surface area contributed by atoms with Crippen molar-refractivity contribution in [1.29, 1.82) is 0 Å². The lowest BCUT2D eigenvalue weighted by molar-refractivity contribution is -0.131. The molecule has 0 aromatic rings. The van der Waals surface area contributed by atoms with Crippen molar-refractivity contribution < 1.29 is 19.4 Å². The van der Waals surface area contributed by atoms with Crippen LogP contribution >= 0.6 is 0 Å². The number of nitrogens with one attached hydrogen (secondary N) is 1. The Kier molecular flexibility index (Phi) is 6.53. The SMILES string of the molecule is COCCCNC(=O)/C=C/C(=O)O. The van der Waals surface area contributed by atoms with Gasteiger partial charge in [0.15, 0.2) is 0 Å². The number of hydrogen-bond acceptors (Lipinski definition) is 3. The van der Waals surface area contributed by atoms with Crippen molar-refractivity contribution in [3.05, 3.63) is 12.2 Å². The van der Waals surface area contributed by atoms with Crippen LogP contribution in [0.4, 0.5) is 0 Å². The van der Waals surface area contributed by atoms with Gasteiger partial charge in [0, 0.05) is 32.4 Å². The highest BCUT2D eigenvalue weighted by atomic mass is 16.5. The third kappa shape index (κ3) is 8.55. The fourth-order valence-electron chi connectivity index (χ4n) is 0.634. The van der Waals surface area contributed by atoms with Crippen molar-refractivity contribution >= 4 is 11.9 Å². The Hall–Kier alpha value is -1.36. The summed E-state index contributed by atoms with van der Waals surface area (Å²) in [5, 5.41) is 10.7. The van der Waals surface area contributed by atoms with Gasteiger partial charge in [-0.25, -0.2) is 4.79 Å². The number of methoxy groups -OCH3 is 1. The van der Waals surface area contributed by atoms with Gasteiger partial charge >= 0.3 is 5.97 Å². The summed E-state index contributed by atoms with van der Waals surface area (Å²) in [5.74, 6) is -1.54. The van der Waals surface area contributed by atoms with Crippen LogP contribution in [0.5, 0.6) is 0 Å². The van der Waals surface area contributed by atoms with E-state index in [-0.39, 0.29) is 0 Å². The normalized spacial score (nSPS) is 10.2. The first-order chi connectivity index (χ1) is 6.16.